The van der Waals surface area contributed by atoms with Gasteiger partial charge in [0, 0.05) is 5.56 Å². The summed E-state index contributed by atoms with van der Waals surface area (Å²) in [7, 11) is 0. The van der Waals surface area contributed by atoms with E-state index in [9.17, 15) is 19.8 Å². The van der Waals surface area contributed by atoms with Crippen LogP contribution in [0.25, 0.3) is 11.1 Å². The Balaban J connectivity index is 1.58. The molecular formula is C40H38N2O5. The molecule has 0 aromatic heterocycles. The molecule has 0 aliphatic carbocycles. The van der Waals surface area contributed by atoms with Gasteiger partial charge in [-0.1, -0.05) is 129 Å². The number of aliphatic hydroxyl groups is 2. The quantitative estimate of drug-likeness (QED) is 0.0683. The fourth-order valence-electron chi connectivity index (χ4n) is 5.26. The van der Waals surface area contributed by atoms with Gasteiger partial charge in [-0.25, -0.2) is 0 Å². The van der Waals surface area contributed by atoms with Gasteiger partial charge in [0.15, 0.2) is 11.6 Å². The highest BCUT2D eigenvalue weighted by atomic mass is 16.5. The third kappa shape index (κ3) is 8.33. The number of azo groups is 1. The molecule has 7 nitrogen and oxygen atoms in total. The van der Waals surface area contributed by atoms with Gasteiger partial charge in [0.05, 0.1) is 17.9 Å². The van der Waals surface area contributed by atoms with Gasteiger partial charge in [-0.15, -0.1) is 10.2 Å². The number of ketones is 2. The summed E-state index contributed by atoms with van der Waals surface area (Å²) in [5, 5.41) is 31.1. The molecule has 2 unspecified atom stereocenters. The first-order valence-electron chi connectivity index (χ1n) is 15.9. The lowest BCUT2D eigenvalue weighted by Gasteiger charge is -2.15. The lowest BCUT2D eigenvalue weighted by molar-refractivity contribution is 0.0743. The van der Waals surface area contributed by atoms with Gasteiger partial charge < -0.3 is 14.9 Å². The van der Waals surface area contributed by atoms with Crippen LogP contribution in [0, 0.1) is 0 Å². The van der Waals surface area contributed by atoms with Crippen molar-refractivity contribution in [3.8, 4) is 16.9 Å². The Labute approximate surface area is 275 Å². The van der Waals surface area contributed by atoms with Gasteiger partial charge in [0.25, 0.3) is 0 Å². The first kappa shape index (κ1) is 33.1. The first-order valence-corrected chi connectivity index (χ1v) is 15.9. The largest absolute Gasteiger partial charge is 0.491 e. The fraction of sp³-hybridized carbons (Fsp3) is 0.200. The fourth-order valence-corrected chi connectivity index (χ4v) is 5.26. The lowest BCUT2D eigenvalue weighted by atomic mass is 9.96. The number of ether oxygens (including phenoxy) is 1. The summed E-state index contributed by atoms with van der Waals surface area (Å²) in [6.07, 6.45) is 1.16. The topological polar surface area (TPSA) is 109 Å². The molecule has 2 N–H and O–H groups in total. The molecule has 2 atom stereocenters. The Bertz CT molecular complexity index is 1810. The van der Waals surface area contributed by atoms with Gasteiger partial charge in [-0.3, -0.25) is 9.59 Å². The van der Waals surface area contributed by atoms with E-state index in [-0.39, 0.29) is 22.5 Å². The smallest absolute Gasteiger partial charge is 0.198 e. The van der Waals surface area contributed by atoms with Gasteiger partial charge in [0.2, 0.25) is 0 Å². The minimum absolute atomic E-state index is 0.132. The second-order valence-electron chi connectivity index (χ2n) is 11.2. The molecule has 0 spiro atoms. The number of carbonyl (C=O) groups is 2. The zero-order valence-corrected chi connectivity index (χ0v) is 26.3. The van der Waals surface area contributed by atoms with Crippen LogP contribution in [0.3, 0.4) is 0 Å². The van der Waals surface area contributed by atoms with Gasteiger partial charge in [-0.2, -0.15) is 0 Å². The number of hydrogen-bond acceptors (Lipinski definition) is 7. The molecule has 47 heavy (non-hydrogen) atoms. The molecule has 0 aliphatic heterocycles. The third-order valence-electron chi connectivity index (χ3n) is 7.88. The number of Topliss-reactive ketones (excluding diaryl/α,β-unsaturated/α-hetero) is 2. The highest BCUT2D eigenvalue weighted by Crippen LogP contribution is 2.38. The molecule has 0 amide bonds. The Hall–Kier alpha value is -5.24. The number of unbranched alkanes of at least 4 members (excludes halogenated alkanes) is 3. The van der Waals surface area contributed by atoms with E-state index in [1.54, 1.807) is 84.9 Å². The molecule has 0 bridgehead atoms. The van der Waals surface area contributed by atoms with Gasteiger partial charge >= 0.3 is 0 Å². The molecule has 7 heteroatoms. The van der Waals surface area contributed by atoms with Crippen LogP contribution in [0.15, 0.2) is 138 Å². The lowest BCUT2D eigenvalue weighted by Crippen LogP contribution is -2.13. The van der Waals surface area contributed by atoms with E-state index in [0.29, 0.717) is 23.5 Å². The molecule has 0 heterocycles. The predicted molar refractivity (Wildman–Crippen MR) is 184 cm³/mol. The molecule has 238 valence electrons. The second kappa shape index (κ2) is 16.4. The molecule has 5 aromatic carbocycles. The van der Waals surface area contributed by atoms with Crippen LogP contribution in [0.5, 0.6) is 5.75 Å². The predicted octanol–water partition coefficient (Wildman–Crippen LogP) is 9.56. The zero-order chi connectivity index (χ0) is 33.0. The van der Waals surface area contributed by atoms with Crippen molar-refractivity contribution in [1.29, 1.82) is 0 Å². The van der Waals surface area contributed by atoms with Crippen molar-refractivity contribution >= 4 is 22.9 Å². The number of rotatable bonds is 15. The number of carbonyl (C=O) groups excluding carboxylic acids is 2. The van der Waals surface area contributed by atoms with E-state index in [2.05, 4.69) is 17.2 Å². The first-order chi connectivity index (χ1) is 23.0. The number of aliphatic hydroxyl groups excluding tert-OH is 2. The van der Waals surface area contributed by atoms with Crippen molar-refractivity contribution in [2.45, 2.75) is 44.8 Å². The minimum atomic E-state index is -1.43. The summed E-state index contributed by atoms with van der Waals surface area (Å²) >= 11 is 0. The Morgan fingerprint density at radius 3 is 1.83 bits per heavy atom. The highest BCUT2D eigenvalue weighted by molar-refractivity contribution is 6.05. The molecule has 0 aliphatic rings. The van der Waals surface area contributed by atoms with Crippen molar-refractivity contribution in [2.24, 2.45) is 10.2 Å². The molecule has 0 saturated heterocycles. The van der Waals surface area contributed by atoms with E-state index in [4.69, 9.17) is 4.74 Å². The van der Waals surface area contributed by atoms with Crippen LogP contribution in [0.4, 0.5) is 11.4 Å². The monoisotopic (exact) mass is 626 g/mol. The van der Waals surface area contributed by atoms with Crippen molar-refractivity contribution < 1.29 is 24.5 Å². The molecule has 0 saturated carbocycles. The molecule has 0 radical (unpaired) electrons. The van der Waals surface area contributed by atoms with Crippen molar-refractivity contribution in [2.75, 3.05) is 6.61 Å². The number of nitrogens with zero attached hydrogens (tertiary/aromatic N) is 2. The summed E-state index contributed by atoms with van der Waals surface area (Å²) in [4.78, 5) is 27.4. The molecule has 5 aromatic rings. The maximum atomic E-state index is 13.7. The maximum Gasteiger partial charge on any atom is 0.198 e. The van der Waals surface area contributed by atoms with Crippen LogP contribution in [0.2, 0.25) is 0 Å². The van der Waals surface area contributed by atoms with Crippen molar-refractivity contribution in [1.82, 2.24) is 0 Å². The SMILES string of the molecule is CCCCCCOc1cccc(C(=O)C(O)c2ccccc2)c1N=Nc1cc(-c2ccccc2)ccc1C(=O)C(O)c1ccccc1. The van der Waals surface area contributed by atoms with Crippen molar-refractivity contribution in [3.05, 3.63) is 150 Å². The van der Waals surface area contributed by atoms with E-state index in [1.807, 2.05) is 42.5 Å². The zero-order valence-electron chi connectivity index (χ0n) is 26.3. The second-order valence-corrected chi connectivity index (χ2v) is 11.2. The Morgan fingerprint density at radius 2 is 1.21 bits per heavy atom. The average Bonchev–Trinajstić information content (AvgIpc) is 3.13. The van der Waals surface area contributed by atoms with Gasteiger partial charge in [0.1, 0.15) is 23.6 Å². The summed E-state index contributed by atoms with van der Waals surface area (Å²) < 4.78 is 6.12. The number of benzene rings is 5. The summed E-state index contributed by atoms with van der Waals surface area (Å²) in [6.45, 7) is 2.55. The van der Waals surface area contributed by atoms with Crippen LogP contribution >= 0.6 is 0 Å². The summed E-state index contributed by atoms with van der Waals surface area (Å²) in [6, 6.07) is 37.2. The molecule has 5 rings (SSSR count). The highest BCUT2D eigenvalue weighted by Gasteiger charge is 2.25. The van der Waals surface area contributed by atoms with Crippen LogP contribution in [-0.4, -0.2) is 28.4 Å². The van der Waals surface area contributed by atoms with E-state index in [0.717, 1.165) is 36.8 Å². The van der Waals surface area contributed by atoms with Crippen LogP contribution in [-0.2, 0) is 0 Å². The Morgan fingerprint density at radius 1 is 0.617 bits per heavy atom. The summed E-state index contributed by atoms with van der Waals surface area (Å²) in [5.41, 5.74) is 3.27. The maximum absolute atomic E-state index is 13.7. The summed E-state index contributed by atoms with van der Waals surface area (Å²) in [5.74, 6) is -0.760. The van der Waals surface area contributed by atoms with E-state index >= 15 is 0 Å². The van der Waals surface area contributed by atoms with E-state index in [1.165, 1.54) is 0 Å². The van der Waals surface area contributed by atoms with Crippen LogP contribution in [0.1, 0.15) is 76.7 Å². The van der Waals surface area contributed by atoms with Crippen LogP contribution < -0.4 is 4.74 Å². The molecular weight excluding hydrogens is 588 g/mol. The number of hydrogen-bond donors (Lipinski definition) is 2. The standard InChI is InChI=1S/C40H38N2O5/c1-2-3-4-14-26-47-35-23-15-22-33(40(46)38(44)30-20-12-7-13-21-30)36(35)42-41-34-27-31(28-16-8-5-9-17-28)24-25-32(34)39(45)37(43)29-18-10-6-11-19-29/h5-13,15-25,27,37-38,43-44H,2-4,14,26H2,1H3. The molecule has 0 fully saturated rings. The average molecular weight is 627 g/mol. The minimum Gasteiger partial charge on any atom is -0.491 e. The van der Waals surface area contributed by atoms with Gasteiger partial charge in [-0.05, 0) is 52.9 Å². The Kier molecular flexibility index (Phi) is 11.5. The van der Waals surface area contributed by atoms with Crippen molar-refractivity contribution in [3.63, 3.8) is 0 Å². The van der Waals surface area contributed by atoms with E-state index < -0.39 is 23.8 Å². The normalized spacial score (nSPS) is 12.5. The third-order valence-corrected chi connectivity index (χ3v) is 7.88.